The molecule has 0 spiro atoms. The number of fused-ring (bicyclic) bond motifs is 1. The number of nitrogens with zero attached hydrogens (tertiary/aromatic N) is 5. The number of halogens is 1. The summed E-state index contributed by atoms with van der Waals surface area (Å²) in [5.41, 5.74) is 1.73. The summed E-state index contributed by atoms with van der Waals surface area (Å²) >= 11 is 0. The van der Waals surface area contributed by atoms with Gasteiger partial charge in [-0.15, -0.1) is 0 Å². The molecule has 1 aliphatic carbocycles. The van der Waals surface area contributed by atoms with E-state index in [1.165, 1.54) is 36.5 Å². The van der Waals surface area contributed by atoms with E-state index in [4.69, 9.17) is 4.98 Å². The second-order valence-corrected chi connectivity index (χ2v) is 13.1. The lowest BCUT2D eigenvalue weighted by Crippen LogP contribution is -2.36. The van der Waals surface area contributed by atoms with Crippen molar-refractivity contribution in [2.24, 2.45) is 0 Å². The van der Waals surface area contributed by atoms with Crippen LogP contribution < -0.4 is 15.6 Å². The summed E-state index contributed by atoms with van der Waals surface area (Å²) in [7, 11) is 0.458. The molecule has 0 saturated heterocycles. The number of pyridine rings is 2. The lowest BCUT2D eigenvalue weighted by molar-refractivity contribution is 0.221. The van der Waals surface area contributed by atoms with Crippen LogP contribution in [0.1, 0.15) is 54.0 Å². The molecule has 4 aromatic rings. The van der Waals surface area contributed by atoms with Crippen LogP contribution in [0, 0.1) is 5.82 Å². The average Bonchev–Trinajstić information content (AvgIpc) is 2.94. The molecule has 0 atom stereocenters. The Hall–Kier alpha value is -3.90. The zero-order valence-electron chi connectivity index (χ0n) is 24.2. The highest BCUT2D eigenvalue weighted by atomic mass is 32.2. The fourth-order valence-corrected chi connectivity index (χ4v) is 6.55. The van der Waals surface area contributed by atoms with Gasteiger partial charge in [-0.1, -0.05) is 12.1 Å². The molecule has 0 bridgehead atoms. The number of nitrogens with one attached hydrogen (secondary N) is 2. The van der Waals surface area contributed by atoms with Crippen LogP contribution in [-0.2, 0) is 15.8 Å². The first-order chi connectivity index (χ1) is 20.0. The van der Waals surface area contributed by atoms with Crippen molar-refractivity contribution in [1.82, 2.24) is 24.4 Å². The topological polar surface area (TPSA) is 122 Å². The van der Waals surface area contributed by atoms with Crippen LogP contribution >= 0.6 is 0 Å². The molecule has 1 aromatic carbocycles. The smallest absolute Gasteiger partial charge is 0.260 e. The van der Waals surface area contributed by atoms with E-state index in [2.05, 4.69) is 39.0 Å². The standard InChI is InChI=1S/C30H36FN7O3S.2H2/c1-19(2)38-28-22(17-33-30(35-28)34-24-10-12-25(13-11-24)37(3)4)15-26(29(38)39)21-7-14-27(32-16-21)36-42(40,41)18-20-5-8-23(31)9-6-20;;/h5-9,14-17,19,24-25H,10-13,18H2,1-4H3,(H,32,36)(H,33,34,35);2*1H. The number of anilines is 2. The molecule has 226 valence electrons. The minimum Gasteiger partial charge on any atom is -0.351 e. The van der Waals surface area contributed by atoms with Gasteiger partial charge < -0.3 is 10.2 Å². The highest BCUT2D eigenvalue weighted by molar-refractivity contribution is 7.91. The molecule has 10 nitrogen and oxygen atoms in total. The largest absolute Gasteiger partial charge is 0.351 e. The van der Waals surface area contributed by atoms with Crippen molar-refractivity contribution in [2.45, 2.75) is 63.4 Å². The first-order valence-corrected chi connectivity index (χ1v) is 15.7. The van der Waals surface area contributed by atoms with Crippen LogP contribution in [0.5, 0.6) is 0 Å². The summed E-state index contributed by atoms with van der Waals surface area (Å²) in [5.74, 6) is -0.136. The maximum Gasteiger partial charge on any atom is 0.260 e. The molecule has 3 heterocycles. The van der Waals surface area contributed by atoms with Gasteiger partial charge in [0.2, 0.25) is 16.0 Å². The molecule has 42 heavy (non-hydrogen) atoms. The van der Waals surface area contributed by atoms with E-state index in [1.54, 1.807) is 22.9 Å². The molecular formula is C30H40FN7O3S. The third-order valence-corrected chi connectivity index (χ3v) is 8.89. The molecule has 3 aromatic heterocycles. The summed E-state index contributed by atoms with van der Waals surface area (Å²) in [5, 5.41) is 4.18. The predicted octanol–water partition coefficient (Wildman–Crippen LogP) is 5.29. The first-order valence-electron chi connectivity index (χ1n) is 14.1. The maximum absolute atomic E-state index is 13.7. The molecule has 12 heteroatoms. The Labute approximate surface area is 248 Å². The van der Waals surface area contributed by atoms with Crippen LogP contribution in [0.3, 0.4) is 0 Å². The zero-order valence-corrected chi connectivity index (χ0v) is 25.0. The van der Waals surface area contributed by atoms with E-state index in [0.29, 0.717) is 39.7 Å². The number of rotatable bonds is 9. The fraction of sp³-hybridized carbons (Fsp3) is 0.400. The van der Waals surface area contributed by atoms with Gasteiger partial charge in [0, 0.05) is 49.9 Å². The minimum atomic E-state index is -3.78. The Bertz CT molecular complexity index is 1730. The molecule has 0 radical (unpaired) electrons. The second kappa shape index (κ2) is 12.1. The van der Waals surface area contributed by atoms with Gasteiger partial charge in [0.25, 0.3) is 5.56 Å². The van der Waals surface area contributed by atoms with Crippen LogP contribution in [-0.4, -0.2) is 59.0 Å². The van der Waals surface area contributed by atoms with Crippen LogP contribution in [0.2, 0.25) is 0 Å². The van der Waals surface area contributed by atoms with Crippen molar-refractivity contribution in [1.29, 1.82) is 0 Å². The normalized spacial score (nSPS) is 17.6. The van der Waals surface area contributed by atoms with Gasteiger partial charge in [0.05, 0.1) is 5.75 Å². The van der Waals surface area contributed by atoms with Gasteiger partial charge in [-0.25, -0.2) is 22.8 Å². The Morgan fingerprint density at radius 1 is 1.05 bits per heavy atom. The second-order valence-electron chi connectivity index (χ2n) is 11.3. The molecule has 1 saturated carbocycles. The van der Waals surface area contributed by atoms with E-state index in [9.17, 15) is 17.6 Å². The number of hydrogen-bond acceptors (Lipinski definition) is 8. The SMILES string of the molecule is CC(C)n1c(=O)c(-c2ccc(NS(=O)(=O)Cc3ccc(F)cc3)nc2)cc2cnc(NC3CCC(N(C)C)CC3)nc21.[HH].[HH]. The molecular weight excluding hydrogens is 557 g/mol. The first kappa shape index (κ1) is 29.6. The quantitative estimate of drug-likeness (QED) is 0.267. The van der Waals surface area contributed by atoms with Crippen LogP contribution in [0.4, 0.5) is 16.2 Å². The molecule has 1 aliphatic rings. The summed E-state index contributed by atoms with van der Waals surface area (Å²) in [6.07, 6.45) is 7.48. The van der Waals surface area contributed by atoms with Gasteiger partial charge in [0.1, 0.15) is 17.3 Å². The summed E-state index contributed by atoms with van der Waals surface area (Å²) in [6, 6.07) is 10.9. The van der Waals surface area contributed by atoms with E-state index in [0.717, 1.165) is 25.7 Å². The number of aromatic nitrogens is 4. The Morgan fingerprint density at radius 2 is 1.76 bits per heavy atom. The third kappa shape index (κ3) is 6.76. The lowest BCUT2D eigenvalue weighted by atomic mass is 9.91. The van der Waals surface area contributed by atoms with E-state index >= 15 is 0 Å². The van der Waals surface area contributed by atoms with Gasteiger partial charge in [0.15, 0.2) is 0 Å². The van der Waals surface area contributed by atoms with E-state index < -0.39 is 15.8 Å². The average molecular weight is 598 g/mol. The van der Waals surface area contributed by atoms with Crippen molar-refractivity contribution in [3.8, 4) is 11.1 Å². The summed E-state index contributed by atoms with van der Waals surface area (Å²) < 4.78 is 42.5. The van der Waals surface area contributed by atoms with Crippen molar-refractivity contribution >= 4 is 32.8 Å². The predicted molar refractivity (Wildman–Crippen MR) is 168 cm³/mol. The van der Waals surface area contributed by atoms with E-state index in [-0.39, 0.29) is 32.1 Å². The van der Waals surface area contributed by atoms with Crippen molar-refractivity contribution in [2.75, 3.05) is 24.1 Å². The highest BCUT2D eigenvalue weighted by Gasteiger charge is 2.23. The summed E-state index contributed by atoms with van der Waals surface area (Å²) in [6.45, 7) is 3.86. The number of benzene rings is 1. The van der Waals surface area contributed by atoms with Crippen LogP contribution in [0.25, 0.3) is 22.2 Å². The van der Waals surface area contributed by atoms with Gasteiger partial charge in [-0.3, -0.25) is 14.1 Å². The van der Waals surface area contributed by atoms with Gasteiger partial charge in [-0.2, -0.15) is 4.98 Å². The van der Waals surface area contributed by atoms with Gasteiger partial charge in [-0.05, 0) is 89.5 Å². The Kier molecular flexibility index (Phi) is 8.55. The lowest BCUT2D eigenvalue weighted by Gasteiger charge is -2.33. The number of hydrogen-bond donors (Lipinski definition) is 2. The molecule has 0 aliphatic heterocycles. The molecule has 0 unspecified atom stereocenters. The van der Waals surface area contributed by atoms with Gasteiger partial charge >= 0.3 is 0 Å². The monoisotopic (exact) mass is 597 g/mol. The highest BCUT2D eigenvalue weighted by Crippen LogP contribution is 2.26. The molecule has 1 fully saturated rings. The Balaban J connectivity index is 0.00000264. The van der Waals surface area contributed by atoms with Crippen molar-refractivity contribution in [3.05, 3.63) is 76.6 Å². The van der Waals surface area contributed by atoms with E-state index in [1.807, 2.05) is 13.8 Å². The Morgan fingerprint density at radius 3 is 2.38 bits per heavy atom. The summed E-state index contributed by atoms with van der Waals surface area (Å²) in [4.78, 5) is 29.5. The molecule has 5 rings (SSSR count). The molecule has 0 amide bonds. The third-order valence-electron chi connectivity index (χ3n) is 7.65. The fourth-order valence-electron chi connectivity index (χ4n) is 5.40. The van der Waals surface area contributed by atoms with Crippen molar-refractivity contribution in [3.63, 3.8) is 0 Å². The number of sulfonamides is 1. The maximum atomic E-state index is 13.7. The zero-order chi connectivity index (χ0) is 30.0. The van der Waals surface area contributed by atoms with Crippen molar-refractivity contribution < 1.29 is 15.7 Å². The molecule has 2 N–H and O–H groups in total. The van der Waals surface area contributed by atoms with Crippen LogP contribution in [0.15, 0.2) is 59.7 Å². The minimum absolute atomic E-state index is 0.